The third-order valence-corrected chi connectivity index (χ3v) is 4.00. The largest absolute Gasteiger partial charge is 0.493 e. The number of hydrogen-bond acceptors (Lipinski definition) is 5. The van der Waals surface area contributed by atoms with Crippen molar-refractivity contribution in [3.05, 3.63) is 17.7 Å². The minimum absolute atomic E-state index is 0.0324. The van der Waals surface area contributed by atoms with Crippen molar-refractivity contribution in [1.82, 2.24) is 0 Å². The zero-order chi connectivity index (χ0) is 14.0. The zero-order valence-electron chi connectivity index (χ0n) is 11.7. The zero-order valence-corrected chi connectivity index (χ0v) is 11.7. The molecule has 0 radical (unpaired) electrons. The van der Waals surface area contributed by atoms with Gasteiger partial charge >= 0.3 is 0 Å². The van der Waals surface area contributed by atoms with Gasteiger partial charge in [0.1, 0.15) is 0 Å². The van der Waals surface area contributed by atoms with E-state index in [1.807, 2.05) is 12.1 Å². The van der Waals surface area contributed by atoms with Crippen LogP contribution in [0, 0.1) is 5.41 Å². The molecule has 0 spiro atoms. The van der Waals surface area contributed by atoms with Crippen LogP contribution in [0.4, 0.5) is 0 Å². The lowest BCUT2D eigenvalue weighted by atomic mass is 9.90. The van der Waals surface area contributed by atoms with Crippen molar-refractivity contribution in [1.29, 1.82) is 0 Å². The summed E-state index contributed by atoms with van der Waals surface area (Å²) in [5.41, 5.74) is 13.2. The Morgan fingerprint density at radius 1 is 1.11 bits per heavy atom. The molecular formula is C14H22N2O3. The van der Waals surface area contributed by atoms with Crippen molar-refractivity contribution >= 4 is 0 Å². The van der Waals surface area contributed by atoms with E-state index < -0.39 is 0 Å². The van der Waals surface area contributed by atoms with Crippen molar-refractivity contribution in [2.75, 3.05) is 27.9 Å². The average molecular weight is 266 g/mol. The number of nitrogens with two attached hydrogens (primary N) is 2. The SMILES string of the molecule is COc1cc(C(N)C2(CN)CC2)cc(OC)c1OC. The molecule has 19 heavy (non-hydrogen) atoms. The molecule has 0 aromatic heterocycles. The van der Waals surface area contributed by atoms with Gasteiger partial charge in [-0.25, -0.2) is 0 Å². The van der Waals surface area contributed by atoms with E-state index >= 15 is 0 Å². The van der Waals surface area contributed by atoms with Crippen molar-refractivity contribution in [3.63, 3.8) is 0 Å². The normalized spacial score (nSPS) is 17.7. The summed E-state index contributed by atoms with van der Waals surface area (Å²) in [6.45, 7) is 0.602. The number of ether oxygens (including phenoxy) is 3. The van der Waals surface area contributed by atoms with Crippen LogP contribution in [-0.2, 0) is 0 Å². The van der Waals surface area contributed by atoms with Crippen molar-refractivity contribution in [2.24, 2.45) is 16.9 Å². The number of rotatable bonds is 6. The van der Waals surface area contributed by atoms with Crippen molar-refractivity contribution < 1.29 is 14.2 Å². The van der Waals surface area contributed by atoms with Crippen molar-refractivity contribution in [2.45, 2.75) is 18.9 Å². The lowest BCUT2D eigenvalue weighted by Gasteiger charge is -2.24. The summed E-state index contributed by atoms with van der Waals surface area (Å²) >= 11 is 0. The molecule has 0 amide bonds. The molecule has 2 rings (SSSR count). The maximum atomic E-state index is 6.35. The van der Waals surface area contributed by atoms with E-state index in [1.54, 1.807) is 21.3 Å². The molecule has 0 bridgehead atoms. The highest BCUT2D eigenvalue weighted by Crippen LogP contribution is 2.54. The molecule has 0 saturated heterocycles. The molecule has 1 aliphatic carbocycles. The Balaban J connectivity index is 2.41. The maximum Gasteiger partial charge on any atom is 0.203 e. The van der Waals surface area contributed by atoms with E-state index in [4.69, 9.17) is 25.7 Å². The Morgan fingerprint density at radius 3 is 1.95 bits per heavy atom. The quantitative estimate of drug-likeness (QED) is 0.814. The molecule has 5 nitrogen and oxygen atoms in total. The van der Waals surface area contributed by atoms with Crippen LogP contribution in [-0.4, -0.2) is 27.9 Å². The number of benzene rings is 1. The molecule has 5 heteroatoms. The van der Waals surface area contributed by atoms with E-state index in [2.05, 4.69) is 0 Å². The minimum Gasteiger partial charge on any atom is -0.493 e. The first kappa shape index (κ1) is 14.0. The predicted octanol–water partition coefficient (Wildman–Crippen LogP) is 1.45. The first-order valence-electron chi connectivity index (χ1n) is 6.37. The summed E-state index contributed by atoms with van der Waals surface area (Å²) in [5.74, 6) is 1.83. The van der Waals surface area contributed by atoms with Gasteiger partial charge in [-0.05, 0) is 37.1 Å². The molecule has 1 atom stereocenters. The smallest absolute Gasteiger partial charge is 0.203 e. The van der Waals surface area contributed by atoms with Gasteiger partial charge in [0.2, 0.25) is 5.75 Å². The van der Waals surface area contributed by atoms with E-state index in [1.165, 1.54) is 0 Å². The lowest BCUT2D eigenvalue weighted by Crippen LogP contribution is -2.29. The fraction of sp³-hybridized carbons (Fsp3) is 0.571. The minimum atomic E-state index is -0.105. The van der Waals surface area contributed by atoms with Gasteiger partial charge in [0, 0.05) is 11.5 Å². The molecule has 1 fully saturated rings. The van der Waals surface area contributed by atoms with Crippen LogP contribution in [0.2, 0.25) is 0 Å². The Morgan fingerprint density at radius 2 is 1.63 bits per heavy atom. The predicted molar refractivity (Wildman–Crippen MR) is 73.7 cm³/mol. The van der Waals surface area contributed by atoms with E-state index in [-0.39, 0.29) is 11.5 Å². The number of hydrogen-bond donors (Lipinski definition) is 2. The van der Waals surface area contributed by atoms with E-state index in [9.17, 15) is 0 Å². The van der Waals surface area contributed by atoms with Crippen LogP contribution in [0.25, 0.3) is 0 Å². The molecule has 0 aliphatic heterocycles. The second kappa shape index (κ2) is 5.27. The molecule has 1 unspecified atom stereocenters. The maximum absolute atomic E-state index is 6.35. The summed E-state index contributed by atoms with van der Waals surface area (Å²) in [7, 11) is 4.78. The Labute approximate surface area is 113 Å². The molecule has 4 N–H and O–H groups in total. The third-order valence-electron chi connectivity index (χ3n) is 4.00. The standard InChI is InChI=1S/C14H22N2O3/c1-17-10-6-9(7-11(18-2)12(10)19-3)13(16)14(8-15)4-5-14/h6-7,13H,4-5,8,15-16H2,1-3H3. The van der Waals surface area contributed by atoms with Crippen molar-refractivity contribution in [3.8, 4) is 17.2 Å². The van der Waals surface area contributed by atoms with Gasteiger partial charge in [-0.15, -0.1) is 0 Å². The fourth-order valence-electron chi connectivity index (χ4n) is 2.44. The van der Waals surface area contributed by atoms with Crippen LogP contribution >= 0.6 is 0 Å². The molecule has 0 heterocycles. The monoisotopic (exact) mass is 266 g/mol. The highest BCUT2D eigenvalue weighted by atomic mass is 16.5. The van der Waals surface area contributed by atoms with Gasteiger partial charge in [0.15, 0.2) is 11.5 Å². The summed E-state index contributed by atoms with van der Waals surface area (Å²) in [4.78, 5) is 0. The van der Waals surface area contributed by atoms with Crippen LogP contribution < -0.4 is 25.7 Å². The average Bonchev–Trinajstić information content (AvgIpc) is 3.25. The first-order valence-corrected chi connectivity index (χ1v) is 6.37. The van der Waals surface area contributed by atoms with E-state index in [0.717, 1.165) is 18.4 Å². The molecule has 106 valence electrons. The summed E-state index contributed by atoms with van der Waals surface area (Å²) in [6, 6.07) is 3.70. The van der Waals surface area contributed by atoms with Crippen LogP contribution in [0.3, 0.4) is 0 Å². The number of methoxy groups -OCH3 is 3. The summed E-state index contributed by atoms with van der Waals surface area (Å²) < 4.78 is 16.0. The van der Waals surface area contributed by atoms with Gasteiger partial charge in [-0.3, -0.25) is 0 Å². The second-order valence-corrected chi connectivity index (χ2v) is 5.00. The highest BCUT2D eigenvalue weighted by Gasteiger charge is 2.47. The van der Waals surface area contributed by atoms with Gasteiger partial charge in [0.25, 0.3) is 0 Å². The molecular weight excluding hydrogens is 244 g/mol. The Kier molecular flexibility index (Phi) is 3.87. The third kappa shape index (κ3) is 2.35. The first-order chi connectivity index (χ1) is 9.11. The topological polar surface area (TPSA) is 79.7 Å². The van der Waals surface area contributed by atoms with Gasteiger partial charge in [0.05, 0.1) is 21.3 Å². The Hall–Kier alpha value is -1.46. The van der Waals surface area contributed by atoms with Gasteiger partial charge in [-0.1, -0.05) is 0 Å². The fourth-order valence-corrected chi connectivity index (χ4v) is 2.44. The van der Waals surface area contributed by atoms with Crippen LogP contribution in [0.1, 0.15) is 24.4 Å². The lowest BCUT2D eigenvalue weighted by molar-refractivity contribution is 0.321. The summed E-state index contributed by atoms with van der Waals surface area (Å²) in [6.07, 6.45) is 2.14. The second-order valence-electron chi connectivity index (χ2n) is 5.00. The highest BCUT2D eigenvalue weighted by molar-refractivity contribution is 5.54. The van der Waals surface area contributed by atoms with Crippen LogP contribution in [0.15, 0.2) is 12.1 Å². The molecule has 1 aromatic rings. The molecule has 1 aromatic carbocycles. The molecule has 1 aliphatic rings. The molecule has 1 saturated carbocycles. The van der Waals surface area contributed by atoms with E-state index in [0.29, 0.717) is 23.8 Å². The Bertz CT molecular complexity index is 433. The van der Waals surface area contributed by atoms with Gasteiger partial charge < -0.3 is 25.7 Å². The van der Waals surface area contributed by atoms with Gasteiger partial charge in [-0.2, -0.15) is 0 Å². The summed E-state index contributed by atoms with van der Waals surface area (Å²) in [5, 5.41) is 0. The van der Waals surface area contributed by atoms with Crippen LogP contribution in [0.5, 0.6) is 17.2 Å².